The number of carbonyl (C=O) groups is 1. The van der Waals surface area contributed by atoms with Crippen LogP contribution < -0.4 is 0 Å². The van der Waals surface area contributed by atoms with Crippen LogP contribution in [0, 0.1) is 0 Å². The van der Waals surface area contributed by atoms with E-state index in [0.29, 0.717) is 23.9 Å². The number of aromatic nitrogens is 6. The van der Waals surface area contributed by atoms with Gasteiger partial charge in [-0.2, -0.15) is 5.21 Å². The monoisotopic (exact) mass is 462 g/mol. The molecule has 0 atom stereocenters. The van der Waals surface area contributed by atoms with E-state index in [2.05, 4.69) is 30.6 Å². The van der Waals surface area contributed by atoms with E-state index in [9.17, 15) is 9.90 Å². The van der Waals surface area contributed by atoms with Crippen molar-refractivity contribution >= 4 is 5.97 Å². The number of rotatable bonds is 9. The highest BCUT2D eigenvalue weighted by molar-refractivity contribution is 5.89. The zero-order valence-corrected chi connectivity index (χ0v) is 19.2. The van der Waals surface area contributed by atoms with Gasteiger partial charge in [0.1, 0.15) is 24.6 Å². The minimum Gasteiger partial charge on any atom is -0.456 e. The third-order valence-corrected chi connectivity index (χ3v) is 5.15. The Morgan fingerprint density at radius 1 is 1.06 bits per heavy atom. The molecule has 4 rings (SSSR count). The third kappa shape index (κ3) is 5.19. The standard InChI is InChI=1S/C24H26N6O4/c1-4-33-14-19-25-20(21(26-19)24(2,3)32)23(31)34-13-15-9-11-16(12-10-15)17-7-5-6-8-18(17)22-27-29-30-28-22/h5-12,32H,4,13-14H2,1-3H3,(H,25,26)(H,27,28,29,30). The molecular formula is C24H26N6O4. The van der Waals surface area contributed by atoms with Crippen LogP contribution in [-0.2, 0) is 28.3 Å². The van der Waals surface area contributed by atoms with Crippen molar-refractivity contribution in [2.24, 2.45) is 0 Å². The van der Waals surface area contributed by atoms with Gasteiger partial charge < -0.3 is 19.6 Å². The number of H-pyrrole nitrogens is 2. The summed E-state index contributed by atoms with van der Waals surface area (Å²) in [4.78, 5) is 20.0. The topological polar surface area (TPSA) is 139 Å². The predicted molar refractivity (Wildman–Crippen MR) is 123 cm³/mol. The van der Waals surface area contributed by atoms with Crippen molar-refractivity contribution in [3.63, 3.8) is 0 Å². The van der Waals surface area contributed by atoms with Gasteiger partial charge in [0.15, 0.2) is 5.69 Å². The SMILES string of the molecule is CCOCc1nc(C(=O)OCc2ccc(-c3ccccc3-c3nn[nH]n3)cc2)c(C(C)(C)O)[nH]1. The fourth-order valence-electron chi connectivity index (χ4n) is 3.48. The van der Waals surface area contributed by atoms with Crippen LogP contribution in [0.2, 0.25) is 0 Å². The minimum absolute atomic E-state index is 0.0489. The molecule has 0 spiro atoms. The molecule has 176 valence electrons. The maximum absolute atomic E-state index is 12.8. The van der Waals surface area contributed by atoms with E-state index < -0.39 is 11.6 Å². The summed E-state index contributed by atoms with van der Waals surface area (Å²) >= 11 is 0. The molecule has 0 aliphatic rings. The first kappa shape index (κ1) is 23.3. The fourth-order valence-corrected chi connectivity index (χ4v) is 3.48. The first-order valence-corrected chi connectivity index (χ1v) is 10.9. The van der Waals surface area contributed by atoms with Crippen molar-refractivity contribution in [2.45, 2.75) is 39.6 Å². The lowest BCUT2D eigenvalue weighted by atomic mass is 9.98. The predicted octanol–water partition coefficient (Wildman–Crippen LogP) is 3.38. The van der Waals surface area contributed by atoms with E-state index in [0.717, 1.165) is 22.3 Å². The van der Waals surface area contributed by atoms with Crippen LogP contribution in [0.15, 0.2) is 48.5 Å². The molecule has 0 saturated heterocycles. The Hall–Kier alpha value is -3.89. The number of hydrogen-bond donors (Lipinski definition) is 3. The van der Waals surface area contributed by atoms with Crippen molar-refractivity contribution in [1.29, 1.82) is 0 Å². The maximum atomic E-state index is 12.8. The first-order valence-electron chi connectivity index (χ1n) is 10.9. The van der Waals surface area contributed by atoms with Gasteiger partial charge in [0.25, 0.3) is 0 Å². The van der Waals surface area contributed by atoms with Crippen molar-refractivity contribution in [1.82, 2.24) is 30.6 Å². The second-order valence-electron chi connectivity index (χ2n) is 8.16. The highest BCUT2D eigenvalue weighted by atomic mass is 16.5. The van der Waals surface area contributed by atoms with Crippen LogP contribution >= 0.6 is 0 Å². The minimum atomic E-state index is -1.29. The Morgan fingerprint density at radius 2 is 1.79 bits per heavy atom. The number of aromatic amines is 2. The largest absolute Gasteiger partial charge is 0.456 e. The molecule has 0 aliphatic carbocycles. The van der Waals surface area contributed by atoms with Crippen LogP contribution in [-0.4, -0.2) is 48.3 Å². The number of ether oxygens (including phenoxy) is 2. The molecule has 2 aromatic heterocycles. The Morgan fingerprint density at radius 3 is 2.44 bits per heavy atom. The van der Waals surface area contributed by atoms with Crippen molar-refractivity contribution in [3.8, 4) is 22.5 Å². The number of nitrogens with one attached hydrogen (secondary N) is 2. The zero-order valence-electron chi connectivity index (χ0n) is 19.2. The lowest BCUT2D eigenvalue weighted by molar-refractivity contribution is 0.0428. The molecule has 34 heavy (non-hydrogen) atoms. The lowest BCUT2D eigenvalue weighted by Crippen LogP contribution is -2.21. The number of hydrogen-bond acceptors (Lipinski definition) is 8. The Labute approximate surface area is 196 Å². The van der Waals surface area contributed by atoms with Crippen LogP contribution in [0.1, 0.15) is 48.3 Å². The first-order chi connectivity index (χ1) is 16.4. The average molecular weight is 463 g/mol. The molecule has 0 bridgehead atoms. The van der Waals surface area contributed by atoms with E-state index in [-0.39, 0.29) is 18.9 Å². The third-order valence-electron chi connectivity index (χ3n) is 5.15. The van der Waals surface area contributed by atoms with E-state index in [1.165, 1.54) is 0 Å². The van der Waals surface area contributed by atoms with Gasteiger partial charge in [0.05, 0.1) is 5.69 Å². The number of imidazole rings is 1. The van der Waals surface area contributed by atoms with Gasteiger partial charge in [0, 0.05) is 12.2 Å². The molecular weight excluding hydrogens is 436 g/mol. The number of nitrogens with zero attached hydrogens (tertiary/aromatic N) is 4. The van der Waals surface area contributed by atoms with Gasteiger partial charge in [-0.25, -0.2) is 9.78 Å². The van der Waals surface area contributed by atoms with Crippen LogP contribution in [0.3, 0.4) is 0 Å². The van der Waals surface area contributed by atoms with E-state index in [1.54, 1.807) is 13.8 Å². The normalized spacial score (nSPS) is 11.5. The van der Waals surface area contributed by atoms with Crippen LogP contribution in [0.5, 0.6) is 0 Å². The van der Waals surface area contributed by atoms with Crippen molar-refractivity contribution in [2.75, 3.05) is 6.61 Å². The summed E-state index contributed by atoms with van der Waals surface area (Å²) in [6.45, 7) is 5.79. The Bertz CT molecular complexity index is 1240. The quantitative estimate of drug-likeness (QED) is 0.322. The second kappa shape index (κ2) is 9.94. The molecule has 10 heteroatoms. The van der Waals surface area contributed by atoms with Gasteiger partial charge in [-0.05, 0) is 42.7 Å². The zero-order chi connectivity index (χ0) is 24.1. The number of benzene rings is 2. The highest BCUT2D eigenvalue weighted by Crippen LogP contribution is 2.30. The summed E-state index contributed by atoms with van der Waals surface area (Å²) in [5, 5.41) is 24.7. The van der Waals surface area contributed by atoms with Crippen molar-refractivity contribution < 1.29 is 19.4 Å². The molecule has 0 fully saturated rings. The molecule has 0 saturated carbocycles. The molecule has 0 amide bonds. The van der Waals surface area contributed by atoms with E-state index >= 15 is 0 Å². The van der Waals surface area contributed by atoms with E-state index in [4.69, 9.17) is 9.47 Å². The molecule has 2 aromatic carbocycles. The average Bonchev–Trinajstić information content (AvgIpc) is 3.52. The van der Waals surface area contributed by atoms with Crippen molar-refractivity contribution in [3.05, 3.63) is 71.3 Å². The molecule has 2 heterocycles. The number of carbonyl (C=O) groups excluding carboxylic acids is 1. The van der Waals surface area contributed by atoms with Crippen LogP contribution in [0.25, 0.3) is 22.5 Å². The number of tetrazole rings is 1. The van der Waals surface area contributed by atoms with Gasteiger partial charge in [-0.1, -0.05) is 48.5 Å². The molecule has 4 aromatic rings. The van der Waals surface area contributed by atoms with E-state index in [1.807, 2.05) is 55.5 Å². The van der Waals surface area contributed by atoms with Gasteiger partial charge >= 0.3 is 5.97 Å². The number of esters is 1. The summed E-state index contributed by atoms with van der Waals surface area (Å²) in [5.41, 5.74) is 2.64. The second-order valence-corrected chi connectivity index (χ2v) is 8.16. The summed E-state index contributed by atoms with van der Waals surface area (Å²) in [6.07, 6.45) is 0. The Kier molecular flexibility index (Phi) is 6.80. The molecule has 3 N–H and O–H groups in total. The highest BCUT2D eigenvalue weighted by Gasteiger charge is 2.29. The summed E-state index contributed by atoms with van der Waals surface area (Å²) in [5.74, 6) is 0.345. The van der Waals surface area contributed by atoms with Gasteiger partial charge in [-0.3, -0.25) is 0 Å². The maximum Gasteiger partial charge on any atom is 0.359 e. The van der Waals surface area contributed by atoms with Gasteiger partial charge in [0.2, 0.25) is 5.82 Å². The summed E-state index contributed by atoms with van der Waals surface area (Å²) in [7, 11) is 0. The fraction of sp³-hybridized carbons (Fsp3) is 0.292. The van der Waals surface area contributed by atoms with Crippen LogP contribution in [0.4, 0.5) is 0 Å². The Balaban J connectivity index is 1.48. The molecule has 0 aliphatic heterocycles. The molecule has 0 unspecified atom stereocenters. The molecule has 0 radical (unpaired) electrons. The molecule has 10 nitrogen and oxygen atoms in total. The number of aliphatic hydroxyl groups is 1. The lowest BCUT2D eigenvalue weighted by Gasteiger charge is -2.16. The van der Waals surface area contributed by atoms with Gasteiger partial charge in [-0.15, -0.1) is 10.2 Å². The summed E-state index contributed by atoms with van der Waals surface area (Å²) < 4.78 is 10.8. The smallest absolute Gasteiger partial charge is 0.359 e. The summed E-state index contributed by atoms with van der Waals surface area (Å²) in [6, 6.07) is 15.4.